The Labute approximate surface area is 135 Å². The minimum atomic E-state index is 0.322. The highest BCUT2D eigenvalue weighted by molar-refractivity contribution is 5.98. The Balaban J connectivity index is 1.84. The molecule has 0 heterocycles. The molecule has 0 amide bonds. The summed E-state index contributed by atoms with van der Waals surface area (Å²) in [4.78, 5) is 0. The van der Waals surface area contributed by atoms with Gasteiger partial charge in [0.1, 0.15) is 5.75 Å². The van der Waals surface area contributed by atoms with Crippen LogP contribution in [0.5, 0.6) is 5.75 Å². The average molecular weight is 296 g/mol. The normalized spacial score (nSPS) is 11.5. The Morgan fingerprint density at radius 1 is 0.522 bits per heavy atom. The molecule has 0 aliphatic heterocycles. The van der Waals surface area contributed by atoms with Crippen molar-refractivity contribution in [2.24, 2.45) is 0 Å². The zero-order valence-corrected chi connectivity index (χ0v) is 12.6. The van der Waals surface area contributed by atoms with Crippen molar-refractivity contribution in [3.05, 3.63) is 90.0 Å². The molecule has 0 radical (unpaired) electrons. The second-order valence-corrected chi connectivity index (χ2v) is 5.62. The van der Waals surface area contributed by atoms with Crippen LogP contribution >= 0.6 is 0 Å². The molecule has 0 aromatic heterocycles. The molecule has 0 spiro atoms. The highest BCUT2D eigenvalue weighted by Gasteiger charge is 2.02. The maximum atomic E-state index is 10.00. The summed E-state index contributed by atoms with van der Waals surface area (Å²) in [5.74, 6) is 0.322. The van der Waals surface area contributed by atoms with Gasteiger partial charge in [-0.1, -0.05) is 84.9 Å². The number of benzene rings is 4. The van der Waals surface area contributed by atoms with Crippen LogP contribution in [0.2, 0.25) is 0 Å². The van der Waals surface area contributed by atoms with Gasteiger partial charge >= 0.3 is 0 Å². The molecule has 23 heavy (non-hydrogen) atoms. The fourth-order valence-corrected chi connectivity index (χ4v) is 3.03. The van der Waals surface area contributed by atoms with Gasteiger partial charge in [0.25, 0.3) is 0 Å². The van der Waals surface area contributed by atoms with Crippen LogP contribution in [0.4, 0.5) is 0 Å². The van der Waals surface area contributed by atoms with E-state index in [2.05, 4.69) is 54.6 Å². The van der Waals surface area contributed by atoms with Crippen LogP contribution in [0.15, 0.2) is 78.9 Å². The fourth-order valence-electron chi connectivity index (χ4n) is 3.03. The summed E-state index contributed by atoms with van der Waals surface area (Å²) in [6.45, 7) is 0. The molecule has 0 saturated heterocycles. The Bertz CT molecular complexity index is 1020. The number of phenols is 1. The molecular weight excluding hydrogens is 280 g/mol. The predicted octanol–water partition coefficient (Wildman–Crippen LogP) is 5.87. The first-order chi connectivity index (χ1) is 11.3. The van der Waals surface area contributed by atoms with Crippen LogP contribution < -0.4 is 0 Å². The van der Waals surface area contributed by atoms with E-state index in [-0.39, 0.29) is 0 Å². The van der Waals surface area contributed by atoms with Crippen molar-refractivity contribution in [2.75, 3.05) is 0 Å². The Morgan fingerprint density at radius 3 is 1.96 bits per heavy atom. The molecule has 4 aromatic carbocycles. The molecule has 4 aromatic rings. The Kier molecular flexibility index (Phi) is 3.32. The van der Waals surface area contributed by atoms with Crippen molar-refractivity contribution in [3.63, 3.8) is 0 Å². The molecule has 0 unspecified atom stereocenters. The van der Waals surface area contributed by atoms with Gasteiger partial charge in [0, 0.05) is 5.39 Å². The summed E-state index contributed by atoms with van der Waals surface area (Å²) < 4.78 is 0. The van der Waals surface area contributed by atoms with Crippen molar-refractivity contribution >= 4 is 33.7 Å². The first kappa shape index (κ1) is 13.6. The van der Waals surface area contributed by atoms with Crippen LogP contribution in [-0.4, -0.2) is 5.11 Å². The molecular formula is C22H16O. The maximum Gasteiger partial charge on any atom is 0.123 e. The van der Waals surface area contributed by atoms with Gasteiger partial charge in [-0.2, -0.15) is 0 Å². The van der Waals surface area contributed by atoms with Gasteiger partial charge in [-0.15, -0.1) is 0 Å². The Morgan fingerprint density at radius 2 is 1.13 bits per heavy atom. The highest BCUT2D eigenvalue weighted by atomic mass is 16.3. The van der Waals surface area contributed by atoms with Gasteiger partial charge in [-0.25, -0.2) is 0 Å². The van der Waals surface area contributed by atoms with E-state index >= 15 is 0 Å². The third-order valence-corrected chi connectivity index (χ3v) is 4.20. The summed E-state index contributed by atoms with van der Waals surface area (Å²) in [6.07, 6.45) is 4.25. The predicted molar refractivity (Wildman–Crippen MR) is 98.5 cm³/mol. The monoisotopic (exact) mass is 296 g/mol. The number of aromatic hydroxyl groups is 1. The molecule has 0 saturated carbocycles. The maximum absolute atomic E-state index is 10.00. The Hall–Kier alpha value is -3.06. The molecule has 0 aliphatic carbocycles. The smallest absolute Gasteiger partial charge is 0.123 e. The van der Waals surface area contributed by atoms with Crippen LogP contribution in [0.1, 0.15) is 11.1 Å². The van der Waals surface area contributed by atoms with Crippen LogP contribution in [-0.2, 0) is 0 Å². The second-order valence-electron chi connectivity index (χ2n) is 5.62. The van der Waals surface area contributed by atoms with Crippen molar-refractivity contribution < 1.29 is 5.11 Å². The minimum absolute atomic E-state index is 0.322. The zero-order chi connectivity index (χ0) is 15.6. The topological polar surface area (TPSA) is 20.2 Å². The van der Waals surface area contributed by atoms with Gasteiger partial charge in [0.2, 0.25) is 0 Å². The first-order valence-corrected chi connectivity index (χ1v) is 7.69. The first-order valence-electron chi connectivity index (χ1n) is 7.69. The summed E-state index contributed by atoms with van der Waals surface area (Å²) >= 11 is 0. The molecule has 4 rings (SSSR count). The molecule has 0 atom stereocenters. The lowest BCUT2D eigenvalue weighted by Gasteiger charge is -2.05. The number of phenolic OH excluding ortho intramolecular Hbond substituents is 1. The third kappa shape index (κ3) is 2.47. The van der Waals surface area contributed by atoms with Crippen molar-refractivity contribution in [2.45, 2.75) is 0 Å². The molecule has 1 heteroatoms. The summed E-state index contributed by atoms with van der Waals surface area (Å²) in [5.41, 5.74) is 2.30. The van der Waals surface area contributed by atoms with E-state index in [1.807, 2.05) is 30.3 Å². The average Bonchev–Trinajstić information content (AvgIpc) is 2.61. The van der Waals surface area contributed by atoms with Crippen LogP contribution in [0.25, 0.3) is 33.7 Å². The van der Waals surface area contributed by atoms with E-state index in [9.17, 15) is 5.11 Å². The third-order valence-electron chi connectivity index (χ3n) is 4.20. The zero-order valence-electron chi connectivity index (χ0n) is 12.6. The molecule has 0 bridgehead atoms. The van der Waals surface area contributed by atoms with Gasteiger partial charge in [-0.3, -0.25) is 0 Å². The lowest BCUT2D eigenvalue weighted by atomic mass is 10.0. The summed E-state index contributed by atoms with van der Waals surface area (Å²) in [7, 11) is 0. The van der Waals surface area contributed by atoms with Gasteiger partial charge < -0.3 is 5.11 Å². The lowest BCUT2D eigenvalue weighted by Crippen LogP contribution is -1.80. The number of rotatable bonds is 2. The van der Waals surface area contributed by atoms with Gasteiger partial charge in [0.15, 0.2) is 0 Å². The quantitative estimate of drug-likeness (QED) is 0.459. The molecule has 1 nitrogen and oxygen atoms in total. The highest BCUT2D eigenvalue weighted by Crippen LogP contribution is 2.29. The fraction of sp³-hybridized carbons (Fsp3) is 0. The summed E-state index contributed by atoms with van der Waals surface area (Å²) in [5, 5.41) is 14.4. The summed E-state index contributed by atoms with van der Waals surface area (Å²) in [6, 6.07) is 26.4. The van der Waals surface area contributed by atoms with E-state index < -0.39 is 0 Å². The molecule has 0 aliphatic rings. The minimum Gasteiger partial charge on any atom is -0.507 e. The molecule has 110 valence electrons. The van der Waals surface area contributed by atoms with Crippen LogP contribution in [0.3, 0.4) is 0 Å². The van der Waals surface area contributed by atoms with E-state index in [1.165, 1.54) is 16.3 Å². The largest absolute Gasteiger partial charge is 0.507 e. The van der Waals surface area contributed by atoms with E-state index in [4.69, 9.17) is 0 Å². The van der Waals surface area contributed by atoms with E-state index in [0.29, 0.717) is 5.75 Å². The molecule has 0 fully saturated rings. The SMILES string of the molecule is Oc1ccc(/C=C/c2cccc3ccccc23)c2ccccc12. The standard InChI is InChI=1S/C22H16O/c23-22-15-14-18(20-10-3-4-11-21(20)22)13-12-17-8-5-7-16-6-1-2-9-19(16)17/h1-15,23H/b13-12+. The van der Waals surface area contributed by atoms with Crippen molar-refractivity contribution in [1.82, 2.24) is 0 Å². The van der Waals surface area contributed by atoms with Crippen molar-refractivity contribution in [3.8, 4) is 5.75 Å². The van der Waals surface area contributed by atoms with Gasteiger partial charge in [0.05, 0.1) is 0 Å². The lowest BCUT2D eigenvalue weighted by molar-refractivity contribution is 0.481. The number of fused-ring (bicyclic) bond motifs is 2. The van der Waals surface area contributed by atoms with Gasteiger partial charge in [-0.05, 0) is 33.4 Å². The second kappa shape index (κ2) is 5.62. The molecule has 1 N–H and O–H groups in total. The van der Waals surface area contributed by atoms with Crippen LogP contribution in [0, 0.1) is 0 Å². The van der Waals surface area contributed by atoms with E-state index in [1.54, 1.807) is 6.07 Å². The van der Waals surface area contributed by atoms with Crippen molar-refractivity contribution in [1.29, 1.82) is 0 Å². The number of hydrogen-bond donors (Lipinski definition) is 1. The number of hydrogen-bond acceptors (Lipinski definition) is 1. The van der Waals surface area contributed by atoms with E-state index in [0.717, 1.165) is 16.3 Å².